The lowest BCUT2D eigenvalue weighted by Crippen LogP contribution is -2.36. The van der Waals surface area contributed by atoms with E-state index < -0.39 is 0 Å². The van der Waals surface area contributed by atoms with Crippen LogP contribution in [0.3, 0.4) is 0 Å². The Kier molecular flexibility index (Phi) is 2.15. The van der Waals surface area contributed by atoms with Gasteiger partial charge in [-0.2, -0.15) is 0 Å². The zero-order valence-electron chi connectivity index (χ0n) is 6.32. The van der Waals surface area contributed by atoms with Crippen molar-refractivity contribution in [3.8, 4) is 0 Å². The zero-order valence-corrected chi connectivity index (χ0v) is 6.32. The average Bonchev–Trinajstić information content (AvgIpc) is 2.39. The molecule has 3 N–H and O–H groups in total. The van der Waals surface area contributed by atoms with Gasteiger partial charge in [-0.3, -0.25) is 9.47 Å². The molecule has 0 spiro atoms. The van der Waals surface area contributed by atoms with E-state index in [-0.39, 0.29) is 11.9 Å². The van der Waals surface area contributed by atoms with E-state index in [0.29, 0.717) is 0 Å². The van der Waals surface area contributed by atoms with Crippen molar-refractivity contribution in [1.29, 1.82) is 0 Å². The second-order valence-electron chi connectivity index (χ2n) is 2.34. The molecule has 1 aromatic heterocycles. The zero-order chi connectivity index (χ0) is 8.27. The van der Waals surface area contributed by atoms with Crippen LogP contribution in [0.15, 0.2) is 24.5 Å². The van der Waals surface area contributed by atoms with Crippen LogP contribution >= 0.6 is 0 Å². The number of hydrogen-bond donors (Lipinski definition) is 2. The standard InChI is InChI=1S/C7H11N3O/c1-6(7(8)11)9-10-4-2-3-5-10/h2-6,9H,1H3,(H2,8,11). The molecule has 0 bridgehead atoms. The molecule has 60 valence electrons. The van der Waals surface area contributed by atoms with Crippen molar-refractivity contribution in [3.05, 3.63) is 24.5 Å². The molecule has 0 aliphatic rings. The molecular weight excluding hydrogens is 142 g/mol. The molecule has 4 heteroatoms. The van der Waals surface area contributed by atoms with Gasteiger partial charge in [-0.1, -0.05) is 0 Å². The lowest BCUT2D eigenvalue weighted by Gasteiger charge is -2.11. The van der Waals surface area contributed by atoms with E-state index in [1.165, 1.54) is 0 Å². The maximum atomic E-state index is 10.6. The van der Waals surface area contributed by atoms with Gasteiger partial charge in [-0.15, -0.1) is 0 Å². The molecule has 11 heavy (non-hydrogen) atoms. The Balaban J connectivity index is 2.50. The molecule has 1 amide bonds. The molecule has 1 rings (SSSR count). The lowest BCUT2D eigenvalue weighted by atomic mass is 10.3. The second kappa shape index (κ2) is 3.09. The SMILES string of the molecule is CC(Nn1cccc1)C(N)=O. The average molecular weight is 153 g/mol. The number of aromatic nitrogens is 1. The molecule has 1 atom stereocenters. The molecule has 4 nitrogen and oxygen atoms in total. The summed E-state index contributed by atoms with van der Waals surface area (Å²) >= 11 is 0. The third-order valence-electron chi connectivity index (χ3n) is 1.37. The van der Waals surface area contributed by atoms with Crippen molar-refractivity contribution in [2.75, 3.05) is 5.43 Å². The molecule has 0 saturated heterocycles. The maximum absolute atomic E-state index is 10.6. The van der Waals surface area contributed by atoms with E-state index in [4.69, 9.17) is 5.73 Å². The second-order valence-corrected chi connectivity index (χ2v) is 2.34. The fraction of sp³-hybridized carbons (Fsp3) is 0.286. The molecule has 1 unspecified atom stereocenters. The number of carbonyl (C=O) groups excluding carboxylic acids is 1. The first-order valence-corrected chi connectivity index (χ1v) is 3.39. The minimum Gasteiger partial charge on any atom is -0.368 e. The van der Waals surface area contributed by atoms with Crippen molar-refractivity contribution in [3.63, 3.8) is 0 Å². The highest BCUT2D eigenvalue weighted by atomic mass is 16.1. The number of hydrogen-bond acceptors (Lipinski definition) is 2. The van der Waals surface area contributed by atoms with E-state index in [1.807, 2.05) is 12.1 Å². The third kappa shape index (κ3) is 2.00. The first-order valence-electron chi connectivity index (χ1n) is 3.39. The summed E-state index contributed by atoms with van der Waals surface area (Å²) in [5.41, 5.74) is 7.90. The molecule has 0 radical (unpaired) electrons. The van der Waals surface area contributed by atoms with Crippen LogP contribution in [0.5, 0.6) is 0 Å². The third-order valence-corrected chi connectivity index (χ3v) is 1.37. The minimum atomic E-state index is -0.362. The molecule has 0 aliphatic heterocycles. The topological polar surface area (TPSA) is 60.1 Å². The Morgan fingerprint density at radius 3 is 2.55 bits per heavy atom. The van der Waals surface area contributed by atoms with Crippen LogP contribution in [-0.2, 0) is 4.79 Å². The largest absolute Gasteiger partial charge is 0.368 e. The summed E-state index contributed by atoms with van der Waals surface area (Å²) in [6.07, 6.45) is 3.61. The van der Waals surface area contributed by atoms with E-state index in [9.17, 15) is 4.79 Å². The van der Waals surface area contributed by atoms with Gasteiger partial charge in [0, 0.05) is 12.4 Å². The molecule has 1 heterocycles. The van der Waals surface area contributed by atoms with Crippen molar-refractivity contribution < 1.29 is 4.79 Å². The van der Waals surface area contributed by atoms with Gasteiger partial charge in [0.05, 0.1) is 0 Å². The van der Waals surface area contributed by atoms with Gasteiger partial charge in [0.15, 0.2) is 0 Å². The summed E-state index contributed by atoms with van der Waals surface area (Å²) in [5.74, 6) is -0.362. The maximum Gasteiger partial charge on any atom is 0.241 e. The van der Waals surface area contributed by atoms with E-state index in [1.54, 1.807) is 24.0 Å². The summed E-state index contributed by atoms with van der Waals surface area (Å²) in [6, 6.07) is 3.38. The molecule has 0 aliphatic carbocycles. The van der Waals surface area contributed by atoms with Crippen LogP contribution in [0, 0.1) is 0 Å². The monoisotopic (exact) mass is 153 g/mol. The summed E-state index contributed by atoms with van der Waals surface area (Å²) in [7, 11) is 0. The normalized spacial score (nSPS) is 12.5. The highest BCUT2D eigenvalue weighted by molar-refractivity contribution is 5.80. The van der Waals surface area contributed by atoms with Crippen molar-refractivity contribution in [2.24, 2.45) is 5.73 Å². The van der Waals surface area contributed by atoms with E-state index >= 15 is 0 Å². The molecular formula is C7H11N3O. The van der Waals surface area contributed by atoms with Gasteiger partial charge in [0.1, 0.15) is 6.04 Å². The number of amides is 1. The van der Waals surface area contributed by atoms with Crippen molar-refractivity contribution >= 4 is 5.91 Å². The Morgan fingerprint density at radius 1 is 1.55 bits per heavy atom. The smallest absolute Gasteiger partial charge is 0.241 e. The fourth-order valence-electron chi connectivity index (χ4n) is 0.708. The van der Waals surface area contributed by atoms with Gasteiger partial charge in [0.25, 0.3) is 0 Å². The van der Waals surface area contributed by atoms with Crippen molar-refractivity contribution in [1.82, 2.24) is 4.68 Å². The van der Waals surface area contributed by atoms with Gasteiger partial charge in [-0.05, 0) is 19.1 Å². The van der Waals surface area contributed by atoms with E-state index in [0.717, 1.165) is 0 Å². The van der Waals surface area contributed by atoms with Crippen LogP contribution < -0.4 is 11.2 Å². The first-order chi connectivity index (χ1) is 5.20. The Labute approximate surface area is 65.0 Å². The Bertz CT molecular complexity index is 230. The predicted octanol–water partition coefficient (Wildman–Crippen LogP) is -0.0946. The molecule has 0 saturated carbocycles. The quantitative estimate of drug-likeness (QED) is 0.637. The predicted molar refractivity (Wildman–Crippen MR) is 42.4 cm³/mol. The molecule has 1 aromatic rings. The van der Waals surface area contributed by atoms with Crippen LogP contribution in [-0.4, -0.2) is 16.6 Å². The van der Waals surface area contributed by atoms with Gasteiger partial charge < -0.3 is 11.2 Å². The Hall–Kier alpha value is -1.45. The molecule has 0 fully saturated rings. The van der Waals surface area contributed by atoms with Crippen LogP contribution in [0.1, 0.15) is 6.92 Å². The number of carbonyl (C=O) groups is 1. The number of primary amides is 1. The van der Waals surface area contributed by atoms with Crippen LogP contribution in [0.2, 0.25) is 0 Å². The number of nitrogens with one attached hydrogen (secondary N) is 1. The van der Waals surface area contributed by atoms with Gasteiger partial charge in [0.2, 0.25) is 5.91 Å². The summed E-state index contributed by atoms with van der Waals surface area (Å²) in [4.78, 5) is 10.6. The number of rotatable bonds is 3. The fourth-order valence-corrected chi connectivity index (χ4v) is 0.708. The van der Waals surface area contributed by atoms with Crippen LogP contribution in [0.25, 0.3) is 0 Å². The summed E-state index contributed by atoms with van der Waals surface area (Å²) < 4.78 is 1.69. The Morgan fingerprint density at radius 2 is 2.09 bits per heavy atom. The van der Waals surface area contributed by atoms with Gasteiger partial charge in [-0.25, -0.2) is 0 Å². The molecule has 0 aromatic carbocycles. The van der Waals surface area contributed by atoms with Gasteiger partial charge >= 0.3 is 0 Å². The lowest BCUT2D eigenvalue weighted by molar-refractivity contribution is -0.118. The summed E-state index contributed by atoms with van der Waals surface area (Å²) in [5, 5.41) is 0. The van der Waals surface area contributed by atoms with E-state index in [2.05, 4.69) is 5.43 Å². The van der Waals surface area contributed by atoms with Crippen LogP contribution in [0.4, 0.5) is 0 Å². The first kappa shape index (κ1) is 7.65. The summed E-state index contributed by atoms with van der Waals surface area (Å²) in [6.45, 7) is 1.71. The number of nitrogens with zero attached hydrogens (tertiary/aromatic N) is 1. The van der Waals surface area contributed by atoms with Crippen molar-refractivity contribution in [2.45, 2.75) is 13.0 Å². The number of nitrogens with two attached hydrogens (primary N) is 1. The highest BCUT2D eigenvalue weighted by Crippen LogP contribution is 1.88. The highest BCUT2D eigenvalue weighted by Gasteiger charge is 2.05. The minimum absolute atomic E-state index is 0.345.